The van der Waals surface area contributed by atoms with Gasteiger partial charge in [-0.05, 0) is 61.1 Å². The average Bonchev–Trinajstić information content (AvgIpc) is 3.22. The van der Waals surface area contributed by atoms with Crippen LogP contribution >= 0.6 is 0 Å². The molecule has 0 saturated carbocycles. The topological polar surface area (TPSA) is 62.3 Å². The van der Waals surface area contributed by atoms with E-state index in [0.29, 0.717) is 12.4 Å². The molecule has 0 unspecified atom stereocenters. The maximum atomic E-state index is 12.5. The van der Waals surface area contributed by atoms with Crippen LogP contribution in [0.2, 0.25) is 0 Å². The molecule has 2 heterocycles. The lowest BCUT2D eigenvalue weighted by molar-refractivity contribution is -0.122. The number of pyridine rings is 1. The Labute approximate surface area is 147 Å². The number of carbonyl (C=O) groups is 2. The number of benzene rings is 1. The first-order chi connectivity index (χ1) is 12.1. The van der Waals surface area contributed by atoms with Gasteiger partial charge in [0.25, 0.3) is 0 Å². The molecule has 0 bridgehead atoms. The number of nitrogens with one attached hydrogen (secondary N) is 1. The van der Waals surface area contributed by atoms with E-state index in [1.807, 2.05) is 19.1 Å². The van der Waals surface area contributed by atoms with Crippen molar-refractivity contribution in [3.63, 3.8) is 0 Å². The first-order valence-corrected chi connectivity index (χ1v) is 8.76. The fourth-order valence-electron chi connectivity index (χ4n) is 3.63. The Balaban J connectivity index is 1.46. The molecular formula is C20H21N3O2. The average molecular weight is 335 g/mol. The monoisotopic (exact) mass is 335 g/mol. The second kappa shape index (κ2) is 6.31. The quantitative estimate of drug-likeness (QED) is 0.938. The number of nitrogens with zero attached hydrogens (tertiary/aromatic N) is 2. The van der Waals surface area contributed by atoms with Crippen LogP contribution in [0.5, 0.6) is 0 Å². The van der Waals surface area contributed by atoms with E-state index in [1.54, 1.807) is 17.2 Å². The van der Waals surface area contributed by atoms with Crippen molar-refractivity contribution in [2.45, 2.75) is 32.6 Å². The number of rotatable bonds is 3. The minimum atomic E-state index is -0.344. The van der Waals surface area contributed by atoms with Crippen LogP contribution in [0.15, 0.2) is 36.5 Å². The van der Waals surface area contributed by atoms with E-state index < -0.39 is 0 Å². The molecule has 2 amide bonds. The standard InChI is InChI=1S/C20H21N3O2/c1-13-5-8-18(21-11-13)22-20(25)16-10-19(24)23(12-16)17-7-6-14-3-2-4-15(14)9-17/h5-9,11,16H,2-4,10,12H2,1H3,(H,21,22,25)/t16-/m1/s1. The van der Waals surface area contributed by atoms with Gasteiger partial charge in [-0.2, -0.15) is 0 Å². The van der Waals surface area contributed by atoms with Crippen LogP contribution in [0, 0.1) is 12.8 Å². The van der Waals surface area contributed by atoms with E-state index >= 15 is 0 Å². The molecule has 1 aliphatic heterocycles. The smallest absolute Gasteiger partial charge is 0.230 e. The van der Waals surface area contributed by atoms with Crippen molar-refractivity contribution in [1.82, 2.24) is 4.98 Å². The molecule has 2 aromatic rings. The zero-order valence-corrected chi connectivity index (χ0v) is 14.3. The first-order valence-electron chi connectivity index (χ1n) is 8.76. The van der Waals surface area contributed by atoms with Gasteiger partial charge < -0.3 is 10.2 Å². The molecule has 5 heteroatoms. The molecule has 4 rings (SSSR count). The molecule has 1 aromatic carbocycles. The summed E-state index contributed by atoms with van der Waals surface area (Å²) < 4.78 is 0. The van der Waals surface area contributed by atoms with Crippen LogP contribution in [0.3, 0.4) is 0 Å². The first kappa shape index (κ1) is 15.8. The summed E-state index contributed by atoms with van der Waals surface area (Å²) in [5.41, 5.74) is 4.67. The number of aromatic nitrogens is 1. The molecule has 1 atom stereocenters. The van der Waals surface area contributed by atoms with Crippen LogP contribution in [0.4, 0.5) is 11.5 Å². The number of amides is 2. The van der Waals surface area contributed by atoms with Crippen LogP contribution in [-0.2, 0) is 22.4 Å². The Hall–Kier alpha value is -2.69. The van der Waals surface area contributed by atoms with Crippen molar-refractivity contribution in [3.8, 4) is 0 Å². The highest BCUT2D eigenvalue weighted by atomic mass is 16.2. The summed E-state index contributed by atoms with van der Waals surface area (Å²) in [6, 6.07) is 9.92. The van der Waals surface area contributed by atoms with Gasteiger partial charge in [0.15, 0.2) is 0 Å². The number of aryl methyl sites for hydroxylation is 3. The maximum absolute atomic E-state index is 12.5. The van der Waals surface area contributed by atoms with Crippen molar-refractivity contribution in [2.24, 2.45) is 5.92 Å². The number of anilines is 2. The molecule has 2 aliphatic rings. The van der Waals surface area contributed by atoms with Gasteiger partial charge in [-0.25, -0.2) is 4.98 Å². The summed E-state index contributed by atoms with van der Waals surface area (Å²) in [7, 11) is 0. The van der Waals surface area contributed by atoms with Gasteiger partial charge >= 0.3 is 0 Å². The van der Waals surface area contributed by atoms with Crippen molar-refractivity contribution in [3.05, 3.63) is 53.2 Å². The van der Waals surface area contributed by atoms with Gasteiger partial charge in [-0.15, -0.1) is 0 Å². The Morgan fingerprint density at radius 3 is 2.84 bits per heavy atom. The van der Waals surface area contributed by atoms with Crippen molar-refractivity contribution in [1.29, 1.82) is 0 Å². The van der Waals surface area contributed by atoms with Gasteiger partial charge in [0, 0.05) is 24.8 Å². The van der Waals surface area contributed by atoms with Gasteiger partial charge in [0.1, 0.15) is 5.82 Å². The number of carbonyl (C=O) groups excluding carboxylic acids is 2. The van der Waals surface area contributed by atoms with E-state index in [1.165, 1.54) is 17.5 Å². The zero-order valence-electron chi connectivity index (χ0n) is 14.3. The lowest BCUT2D eigenvalue weighted by Gasteiger charge is -2.18. The van der Waals surface area contributed by atoms with E-state index in [2.05, 4.69) is 22.4 Å². The Morgan fingerprint density at radius 1 is 1.20 bits per heavy atom. The molecule has 1 N–H and O–H groups in total. The van der Waals surface area contributed by atoms with E-state index in [4.69, 9.17) is 0 Å². The molecule has 1 saturated heterocycles. The Bertz CT molecular complexity index is 829. The van der Waals surface area contributed by atoms with Gasteiger partial charge in [-0.3, -0.25) is 9.59 Å². The Morgan fingerprint density at radius 2 is 2.04 bits per heavy atom. The van der Waals surface area contributed by atoms with Crippen molar-refractivity contribution >= 4 is 23.3 Å². The predicted molar refractivity (Wildman–Crippen MR) is 96.5 cm³/mol. The molecule has 1 aromatic heterocycles. The summed E-state index contributed by atoms with van der Waals surface area (Å²) in [5.74, 6) is 0.0474. The molecular weight excluding hydrogens is 314 g/mol. The van der Waals surface area contributed by atoms with E-state index in [9.17, 15) is 9.59 Å². The second-order valence-corrected chi connectivity index (χ2v) is 6.92. The van der Waals surface area contributed by atoms with Gasteiger partial charge in [0.05, 0.1) is 5.92 Å². The lowest BCUT2D eigenvalue weighted by Crippen LogP contribution is -2.28. The zero-order chi connectivity index (χ0) is 17.4. The largest absolute Gasteiger partial charge is 0.312 e. The minimum absolute atomic E-state index is 0.00922. The number of fused-ring (bicyclic) bond motifs is 1. The van der Waals surface area contributed by atoms with Crippen LogP contribution < -0.4 is 10.2 Å². The van der Waals surface area contributed by atoms with Gasteiger partial charge in [-0.1, -0.05) is 12.1 Å². The fourth-order valence-corrected chi connectivity index (χ4v) is 3.63. The molecule has 0 spiro atoms. The summed E-state index contributed by atoms with van der Waals surface area (Å²) in [5, 5.41) is 2.82. The third-order valence-corrected chi connectivity index (χ3v) is 5.05. The third kappa shape index (κ3) is 3.14. The predicted octanol–water partition coefficient (Wildman–Crippen LogP) is 2.87. The van der Waals surface area contributed by atoms with Crippen LogP contribution in [0.1, 0.15) is 29.5 Å². The number of hydrogen-bond acceptors (Lipinski definition) is 3. The van der Waals surface area contributed by atoms with E-state index in [0.717, 1.165) is 24.1 Å². The summed E-state index contributed by atoms with van der Waals surface area (Å²) in [4.78, 5) is 30.8. The van der Waals surface area contributed by atoms with E-state index in [-0.39, 0.29) is 24.2 Å². The molecule has 25 heavy (non-hydrogen) atoms. The minimum Gasteiger partial charge on any atom is -0.312 e. The fraction of sp³-hybridized carbons (Fsp3) is 0.350. The maximum Gasteiger partial charge on any atom is 0.230 e. The summed E-state index contributed by atoms with van der Waals surface area (Å²) >= 11 is 0. The highest BCUT2D eigenvalue weighted by Crippen LogP contribution is 2.30. The molecule has 1 aliphatic carbocycles. The highest BCUT2D eigenvalue weighted by Gasteiger charge is 2.35. The molecule has 5 nitrogen and oxygen atoms in total. The van der Waals surface area contributed by atoms with Crippen molar-refractivity contribution < 1.29 is 9.59 Å². The molecule has 1 fully saturated rings. The van der Waals surface area contributed by atoms with Crippen LogP contribution in [-0.4, -0.2) is 23.3 Å². The SMILES string of the molecule is Cc1ccc(NC(=O)[C@@H]2CC(=O)N(c3ccc4c(c3)CCC4)C2)nc1. The Kier molecular flexibility index (Phi) is 3.99. The lowest BCUT2D eigenvalue weighted by atomic mass is 10.1. The third-order valence-electron chi connectivity index (χ3n) is 5.05. The normalized spacial score (nSPS) is 19.2. The second-order valence-electron chi connectivity index (χ2n) is 6.92. The summed E-state index contributed by atoms with van der Waals surface area (Å²) in [6.07, 6.45) is 5.34. The van der Waals surface area contributed by atoms with Crippen LogP contribution in [0.25, 0.3) is 0 Å². The molecule has 128 valence electrons. The highest BCUT2D eigenvalue weighted by molar-refractivity contribution is 6.03. The van der Waals surface area contributed by atoms with Crippen molar-refractivity contribution in [2.75, 3.05) is 16.8 Å². The van der Waals surface area contributed by atoms with Gasteiger partial charge in [0.2, 0.25) is 11.8 Å². The summed E-state index contributed by atoms with van der Waals surface area (Å²) in [6.45, 7) is 2.37. The molecule has 0 radical (unpaired) electrons. The number of hydrogen-bond donors (Lipinski definition) is 1.